The second-order valence-corrected chi connectivity index (χ2v) is 4.42. The van der Waals surface area contributed by atoms with E-state index < -0.39 is 0 Å². The van der Waals surface area contributed by atoms with Crippen LogP contribution in [0.3, 0.4) is 0 Å². The van der Waals surface area contributed by atoms with Crippen molar-refractivity contribution in [3.8, 4) is 17.2 Å². The van der Waals surface area contributed by atoms with Crippen molar-refractivity contribution in [2.24, 2.45) is 0 Å². The topological polar surface area (TPSA) is 38.7 Å². The van der Waals surface area contributed by atoms with Gasteiger partial charge in [0.05, 0.1) is 0 Å². The van der Waals surface area contributed by atoms with Crippen LogP contribution in [0.5, 0.6) is 17.2 Å². The molecule has 19 heavy (non-hydrogen) atoms. The first-order valence-electron chi connectivity index (χ1n) is 6.27. The number of para-hydroxylation sites is 1. The molecule has 0 heterocycles. The Morgan fingerprint density at radius 1 is 0.895 bits per heavy atom. The number of phenols is 1. The summed E-state index contributed by atoms with van der Waals surface area (Å²) >= 11 is 0. The van der Waals surface area contributed by atoms with E-state index in [0.717, 1.165) is 16.9 Å². The van der Waals surface area contributed by atoms with Gasteiger partial charge < -0.3 is 14.6 Å². The van der Waals surface area contributed by atoms with E-state index in [2.05, 4.69) is 0 Å². The number of aryl methyl sites for hydroxylation is 2. The molecule has 0 atom stereocenters. The van der Waals surface area contributed by atoms with Crippen molar-refractivity contribution >= 4 is 0 Å². The van der Waals surface area contributed by atoms with Gasteiger partial charge in [-0.15, -0.1) is 0 Å². The van der Waals surface area contributed by atoms with Crippen LogP contribution in [0.15, 0.2) is 42.5 Å². The number of rotatable bonds is 5. The molecule has 0 spiro atoms. The molecule has 3 heteroatoms. The molecule has 2 rings (SSSR count). The number of ether oxygens (including phenoxy) is 2. The summed E-state index contributed by atoms with van der Waals surface area (Å²) in [7, 11) is 0. The number of hydrogen-bond donors (Lipinski definition) is 1. The molecule has 2 aromatic rings. The SMILES string of the molecule is Cc1cccc(C)c1OCCOc1cccc(O)c1. The summed E-state index contributed by atoms with van der Waals surface area (Å²) in [6, 6.07) is 12.8. The Morgan fingerprint density at radius 2 is 1.53 bits per heavy atom. The molecule has 0 saturated carbocycles. The summed E-state index contributed by atoms with van der Waals surface area (Å²) in [4.78, 5) is 0. The van der Waals surface area contributed by atoms with E-state index in [1.165, 1.54) is 0 Å². The van der Waals surface area contributed by atoms with Crippen molar-refractivity contribution in [2.45, 2.75) is 13.8 Å². The number of benzene rings is 2. The van der Waals surface area contributed by atoms with Gasteiger partial charge in [-0.25, -0.2) is 0 Å². The van der Waals surface area contributed by atoms with Gasteiger partial charge in [0, 0.05) is 6.07 Å². The van der Waals surface area contributed by atoms with E-state index in [0.29, 0.717) is 19.0 Å². The quantitative estimate of drug-likeness (QED) is 0.835. The van der Waals surface area contributed by atoms with Crippen LogP contribution in [-0.2, 0) is 0 Å². The summed E-state index contributed by atoms with van der Waals surface area (Å²) in [5.41, 5.74) is 2.25. The van der Waals surface area contributed by atoms with Crippen LogP contribution in [0.25, 0.3) is 0 Å². The molecule has 0 saturated heterocycles. The molecule has 0 aliphatic heterocycles. The molecule has 0 bridgehead atoms. The van der Waals surface area contributed by atoms with Crippen LogP contribution in [0.1, 0.15) is 11.1 Å². The van der Waals surface area contributed by atoms with Gasteiger partial charge in [0.2, 0.25) is 0 Å². The predicted octanol–water partition coefficient (Wildman–Crippen LogP) is 3.47. The lowest BCUT2D eigenvalue weighted by Crippen LogP contribution is -2.10. The fourth-order valence-electron chi connectivity index (χ4n) is 1.90. The van der Waals surface area contributed by atoms with Gasteiger partial charge in [0.15, 0.2) is 0 Å². The first-order chi connectivity index (χ1) is 9.16. The Hall–Kier alpha value is -2.16. The lowest BCUT2D eigenvalue weighted by molar-refractivity contribution is 0.215. The summed E-state index contributed by atoms with van der Waals surface area (Å²) < 4.78 is 11.2. The highest BCUT2D eigenvalue weighted by Gasteiger charge is 2.03. The molecule has 0 unspecified atom stereocenters. The highest BCUT2D eigenvalue weighted by Crippen LogP contribution is 2.22. The molecule has 100 valence electrons. The second-order valence-electron chi connectivity index (χ2n) is 4.42. The third-order valence-electron chi connectivity index (χ3n) is 2.82. The lowest BCUT2D eigenvalue weighted by atomic mass is 10.1. The molecule has 2 aromatic carbocycles. The van der Waals surface area contributed by atoms with Crippen molar-refractivity contribution in [2.75, 3.05) is 13.2 Å². The standard InChI is InChI=1S/C16H18O3/c1-12-5-3-6-13(2)16(12)19-10-9-18-15-8-4-7-14(17)11-15/h3-8,11,17H,9-10H2,1-2H3. The van der Waals surface area contributed by atoms with Crippen molar-refractivity contribution in [3.63, 3.8) is 0 Å². The van der Waals surface area contributed by atoms with Gasteiger partial charge in [-0.05, 0) is 37.1 Å². The van der Waals surface area contributed by atoms with Crippen molar-refractivity contribution in [1.29, 1.82) is 0 Å². The number of aromatic hydroxyl groups is 1. The maximum Gasteiger partial charge on any atom is 0.125 e. The van der Waals surface area contributed by atoms with Gasteiger partial charge in [0.1, 0.15) is 30.5 Å². The first kappa shape index (κ1) is 13.3. The smallest absolute Gasteiger partial charge is 0.125 e. The third-order valence-corrected chi connectivity index (χ3v) is 2.82. The van der Waals surface area contributed by atoms with Gasteiger partial charge in [-0.2, -0.15) is 0 Å². The van der Waals surface area contributed by atoms with Crippen molar-refractivity contribution < 1.29 is 14.6 Å². The first-order valence-corrected chi connectivity index (χ1v) is 6.27. The minimum Gasteiger partial charge on any atom is -0.508 e. The molecule has 3 nitrogen and oxygen atoms in total. The van der Waals surface area contributed by atoms with Gasteiger partial charge in [0.25, 0.3) is 0 Å². The largest absolute Gasteiger partial charge is 0.508 e. The van der Waals surface area contributed by atoms with Crippen LogP contribution in [-0.4, -0.2) is 18.3 Å². The van der Waals surface area contributed by atoms with Crippen LogP contribution in [0.4, 0.5) is 0 Å². The minimum absolute atomic E-state index is 0.202. The molecule has 0 fully saturated rings. The van der Waals surface area contributed by atoms with Crippen molar-refractivity contribution in [1.82, 2.24) is 0 Å². The molecule has 0 radical (unpaired) electrons. The van der Waals surface area contributed by atoms with Gasteiger partial charge in [-0.3, -0.25) is 0 Å². The fourth-order valence-corrected chi connectivity index (χ4v) is 1.90. The average Bonchev–Trinajstić information content (AvgIpc) is 2.37. The Bertz CT molecular complexity index is 529. The Morgan fingerprint density at radius 3 is 2.21 bits per heavy atom. The third kappa shape index (κ3) is 3.65. The Labute approximate surface area is 113 Å². The maximum atomic E-state index is 9.31. The lowest BCUT2D eigenvalue weighted by Gasteiger charge is -2.12. The highest BCUT2D eigenvalue weighted by atomic mass is 16.5. The van der Waals surface area contributed by atoms with E-state index in [9.17, 15) is 5.11 Å². The predicted molar refractivity (Wildman–Crippen MR) is 75.0 cm³/mol. The molecule has 1 N–H and O–H groups in total. The molecular weight excluding hydrogens is 240 g/mol. The average molecular weight is 258 g/mol. The second kappa shape index (κ2) is 6.14. The van der Waals surface area contributed by atoms with Gasteiger partial charge in [-0.1, -0.05) is 24.3 Å². The summed E-state index contributed by atoms with van der Waals surface area (Å²) in [6.45, 7) is 4.97. The van der Waals surface area contributed by atoms with Crippen LogP contribution in [0, 0.1) is 13.8 Å². The Kier molecular flexibility index (Phi) is 4.29. The number of hydrogen-bond acceptors (Lipinski definition) is 3. The zero-order valence-corrected chi connectivity index (χ0v) is 11.2. The van der Waals surface area contributed by atoms with Crippen LogP contribution in [0.2, 0.25) is 0 Å². The maximum absolute atomic E-state index is 9.31. The molecular formula is C16H18O3. The fraction of sp³-hybridized carbons (Fsp3) is 0.250. The summed E-state index contributed by atoms with van der Waals surface area (Å²) in [5, 5.41) is 9.31. The van der Waals surface area contributed by atoms with E-state index in [1.54, 1.807) is 24.3 Å². The van der Waals surface area contributed by atoms with E-state index in [1.807, 2.05) is 32.0 Å². The zero-order chi connectivity index (χ0) is 13.7. The van der Waals surface area contributed by atoms with Crippen LogP contribution < -0.4 is 9.47 Å². The normalized spacial score (nSPS) is 10.2. The molecule has 0 aromatic heterocycles. The molecule has 0 aliphatic rings. The van der Waals surface area contributed by atoms with Gasteiger partial charge >= 0.3 is 0 Å². The van der Waals surface area contributed by atoms with E-state index in [4.69, 9.17) is 9.47 Å². The summed E-state index contributed by atoms with van der Waals surface area (Å²) in [6.07, 6.45) is 0. The molecule has 0 amide bonds. The highest BCUT2D eigenvalue weighted by molar-refractivity contribution is 5.39. The summed E-state index contributed by atoms with van der Waals surface area (Å²) in [5.74, 6) is 1.76. The molecule has 0 aliphatic carbocycles. The monoisotopic (exact) mass is 258 g/mol. The minimum atomic E-state index is 0.202. The van der Waals surface area contributed by atoms with Crippen molar-refractivity contribution in [3.05, 3.63) is 53.6 Å². The van der Waals surface area contributed by atoms with Crippen LogP contribution >= 0.6 is 0 Å². The Balaban J connectivity index is 1.84. The zero-order valence-electron chi connectivity index (χ0n) is 11.2. The van der Waals surface area contributed by atoms with E-state index in [-0.39, 0.29) is 5.75 Å². The number of phenolic OH excluding ortho intramolecular Hbond substituents is 1. The van der Waals surface area contributed by atoms with E-state index >= 15 is 0 Å².